The lowest BCUT2D eigenvalue weighted by Crippen LogP contribution is -1.83. The van der Waals surface area contributed by atoms with Gasteiger partial charge in [0.1, 0.15) is 17.6 Å². The normalized spacial score (nSPS) is 10.8. The Hall–Kier alpha value is -1.13. The Labute approximate surface area is 73.2 Å². The van der Waals surface area contributed by atoms with E-state index in [2.05, 4.69) is 15.0 Å². The molecule has 0 unspecified atom stereocenters. The molecule has 2 N–H and O–H groups in total. The molecule has 2 aromatic rings. The average Bonchev–Trinajstić information content (AvgIpc) is 2.46. The molecule has 0 aliphatic rings. The van der Waals surface area contributed by atoms with Gasteiger partial charge in [-0.3, -0.25) is 0 Å². The summed E-state index contributed by atoms with van der Waals surface area (Å²) in [6.07, 6.45) is 1.59. The fourth-order valence-corrected chi connectivity index (χ4v) is 1.16. The van der Waals surface area contributed by atoms with Gasteiger partial charge >= 0.3 is 0 Å². The first-order valence-corrected chi connectivity index (χ1v) is 3.78. The van der Waals surface area contributed by atoms with Gasteiger partial charge in [-0.1, -0.05) is 11.6 Å². The minimum atomic E-state index is -0.105. The number of halogens is 1. The first-order chi connectivity index (χ1) is 5.79. The molecule has 0 aliphatic carbocycles. The van der Waals surface area contributed by atoms with Crippen molar-refractivity contribution in [2.45, 2.75) is 6.61 Å². The molecule has 0 radical (unpaired) electrons. The smallest absolute Gasteiger partial charge is 0.133 e. The molecule has 0 saturated heterocycles. The van der Waals surface area contributed by atoms with E-state index in [9.17, 15) is 0 Å². The molecule has 0 saturated carbocycles. The Balaban J connectivity index is 2.67. The molecule has 2 heterocycles. The lowest BCUT2D eigenvalue weighted by Gasteiger charge is -1.86. The van der Waals surface area contributed by atoms with Crippen LogP contribution in [0.1, 0.15) is 5.82 Å². The van der Waals surface area contributed by atoms with Crippen molar-refractivity contribution in [1.82, 2.24) is 15.0 Å². The summed E-state index contributed by atoms with van der Waals surface area (Å²) < 4.78 is 0. The lowest BCUT2D eigenvalue weighted by atomic mass is 10.4. The molecule has 2 aromatic heterocycles. The van der Waals surface area contributed by atoms with Crippen LogP contribution in [0.3, 0.4) is 0 Å². The molecular weight excluding hydrogens is 178 g/mol. The zero-order chi connectivity index (χ0) is 8.55. The van der Waals surface area contributed by atoms with Crippen molar-refractivity contribution >= 4 is 22.6 Å². The molecular formula is C7H6ClN3O. The van der Waals surface area contributed by atoms with Gasteiger partial charge in [-0.25, -0.2) is 9.97 Å². The monoisotopic (exact) mass is 183 g/mol. The van der Waals surface area contributed by atoms with Crippen LogP contribution in [-0.4, -0.2) is 20.1 Å². The van der Waals surface area contributed by atoms with Crippen LogP contribution in [0.4, 0.5) is 0 Å². The average molecular weight is 184 g/mol. The highest BCUT2D eigenvalue weighted by molar-refractivity contribution is 6.29. The van der Waals surface area contributed by atoms with Crippen LogP contribution in [0.5, 0.6) is 0 Å². The summed E-state index contributed by atoms with van der Waals surface area (Å²) in [5.41, 5.74) is 1.50. The second-order valence-corrected chi connectivity index (χ2v) is 2.75. The van der Waals surface area contributed by atoms with E-state index in [0.29, 0.717) is 11.0 Å². The quantitative estimate of drug-likeness (QED) is 0.651. The van der Waals surface area contributed by atoms with Gasteiger partial charge in [0.05, 0.1) is 17.2 Å². The lowest BCUT2D eigenvalue weighted by molar-refractivity contribution is 0.273. The number of rotatable bonds is 1. The molecule has 0 spiro atoms. The molecule has 0 aliphatic heterocycles. The number of aromatic amines is 1. The number of aliphatic hydroxyl groups excluding tert-OH is 1. The van der Waals surface area contributed by atoms with E-state index in [0.717, 1.165) is 11.0 Å². The summed E-state index contributed by atoms with van der Waals surface area (Å²) in [5.74, 6) is 0.522. The summed E-state index contributed by atoms with van der Waals surface area (Å²) in [7, 11) is 0. The Morgan fingerprint density at radius 1 is 1.58 bits per heavy atom. The van der Waals surface area contributed by atoms with Crippen molar-refractivity contribution in [1.29, 1.82) is 0 Å². The highest BCUT2D eigenvalue weighted by Crippen LogP contribution is 2.13. The van der Waals surface area contributed by atoms with Crippen LogP contribution in [0.2, 0.25) is 5.15 Å². The standard InChI is InChI=1S/C7H6ClN3O/c8-6-1-4-5(2-9-6)11-7(3-12)10-4/h1-2,12H,3H2,(H,10,11). The molecule has 62 valence electrons. The summed E-state index contributed by atoms with van der Waals surface area (Å²) in [6, 6.07) is 1.65. The van der Waals surface area contributed by atoms with E-state index in [1.165, 1.54) is 0 Å². The predicted octanol–water partition coefficient (Wildman–Crippen LogP) is 1.10. The number of nitrogens with one attached hydrogen (secondary N) is 1. The van der Waals surface area contributed by atoms with Crippen molar-refractivity contribution in [3.05, 3.63) is 23.2 Å². The van der Waals surface area contributed by atoms with Crippen LogP contribution in [-0.2, 0) is 6.61 Å². The van der Waals surface area contributed by atoms with Crippen molar-refractivity contribution < 1.29 is 5.11 Å². The maximum atomic E-state index is 8.76. The van der Waals surface area contributed by atoms with Crippen molar-refractivity contribution in [3.8, 4) is 0 Å². The third-order valence-electron chi connectivity index (χ3n) is 1.53. The minimum absolute atomic E-state index is 0.105. The number of nitrogens with zero attached hydrogens (tertiary/aromatic N) is 2. The number of aliphatic hydroxyl groups is 1. The molecule has 2 rings (SSSR count). The van der Waals surface area contributed by atoms with E-state index < -0.39 is 0 Å². The van der Waals surface area contributed by atoms with Crippen molar-refractivity contribution in [3.63, 3.8) is 0 Å². The number of hydrogen-bond donors (Lipinski definition) is 2. The Morgan fingerprint density at radius 3 is 3.17 bits per heavy atom. The van der Waals surface area contributed by atoms with Crippen molar-refractivity contribution in [2.24, 2.45) is 0 Å². The number of H-pyrrole nitrogens is 1. The summed E-state index contributed by atoms with van der Waals surface area (Å²) in [5, 5.41) is 9.16. The van der Waals surface area contributed by atoms with Crippen LogP contribution < -0.4 is 0 Å². The second-order valence-electron chi connectivity index (χ2n) is 2.37. The molecule has 0 aromatic carbocycles. The van der Waals surface area contributed by atoms with Crippen molar-refractivity contribution in [2.75, 3.05) is 0 Å². The SMILES string of the molecule is OCc1nc2cc(Cl)ncc2[nH]1. The van der Waals surface area contributed by atoms with Crippen LogP contribution in [0.15, 0.2) is 12.3 Å². The molecule has 0 bridgehead atoms. The highest BCUT2D eigenvalue weighted by atomic mass is 35.5. The zero-order valence-corrected chi connectivity index (χ0v) is 6.84. The number of imidazole rings is 1. The van der Waals surface area contributed by atoms with Gasteiger partial charge in [0, 0.05) is 6.07 Å². The second kappa shape index (κ2) is 2.73. The maximum Gasteiger partial charge on any atom is 0.133 e. The number of aromatic nitrogens is 3. The highest BCUT2D eigenvalue weighted by Gasteiger charge is 2.01. The van der Waals surface area contributed by atoms with Gasteiger partial charge in [0.15, 0.2) is 0 Å². The summed E-state index contributed by atoms with van der Waals surface area (Å²) >= 11 is 5.64. The van der Waals surface area contributed by atoms with Gasteiger partial charge in [-0.05, 0) is 0 Å². The van der Waals surface area contributed by atoms with Gasteiger partial charge in [0.25, 0.3) is 0 Å². The fraction of sp³-hybridized carbons (Fsp3) is 0.143. The van der Waals surface area contributed by atoms with Crippen LogP contribution in [0.25, 0.3) is 11.0 Å². The topological polar surface area (TPSA) is 61.8 Å². The Bertz CT molecular complexity index is 412. The molecule has 0 atom stereocenters. The molecule has 0 fully saturated rings. The van der Waals surface area contributed by atoms with Crippen LogP contribution in [0, 0.1) is 0 Å². The fourth-order valence-electron chi connectivity index (χ4n) is 1.01. The number of fused-ring (bicyclic) bond motifs is 1. The van der Waals surface area contributed by atoms with E-state index in [1.54, 1.807) is 12.3 Å². The van der Waals surface area contributed by atoms with Gasteiger partial charge in [0.2, 0.25) is 0 Å². The minimum Gasteiger partial charge on any atom is -0.388 e. The molecule has 5 heteroatoms. The van der Waals surface area contributed by atoms with Gasteiger partial charge in [-0.2, -0.15) is 0 Å². The van der Waals surface area contributed by atoms with E-state index in [4.69, 9.17) is 16.7 Å². The third kappa shape index (κ3) is 1.15. The van der Waals surface area contributed by atoms with Crippen LogP contribution >= 0.6 is 11.6 Å². The summed E-state index contributed by atoms with van der Waals surface area (Å²) in [6.45, 7) is -0.105. The van der Waals surface area contributed by atoms with E-state index >= 15 is 0 Å². The van der Waals surface area contributed by atoms with E-state index in [-0.39, 0.29) is 6.61 Å². The molecule has 12 heavy (non-hydrogen) atoms. The van der Waals surface area contributed by atoms with Gasteiger partial charge in [-0.15, -0.1) is 0 Å². The number of pyridine rings is 1. The third-order valence-corrected chi connectivity index (χ3v) is 1.74. The largest absolute Gasteiger partial charge is 0.388 e. The Morgan fingerprint density at radius 2 is 2.42 bits per heavy atom. The zero-order valence-electron chi connectivity index (χ0n) is 6.08. The first kappa shape index (κ1) is 7.52. The summed E-state index contributed by atoms with van der Waals surface area (Å²) in [4.78, 5) is 10.8. The predicted molar refractivity (Wildman–Crippen MR) is 44.8 cm³/mol. The molecule has 0 amide bonds. The van der Waals surface area contributed by atoms with Gasteiger partial charge < -0.3 is 10.1 Å². The molecule has 4 nitrogen and oxygen atoms in total. The van der Waals surface area contributed by atoms with E-state index in [1.807, 2.05) is 0 Å². The number of hydrogen-bond acceptors (Lipinski definition) is 3. The first-order valence-electron chi connectivity index (χ1n) is 3.40. The Kier molecular flexibility index (Phi) is 1.71. The maximum absolute atomic E-state index is 8.76.